The molecule has 0 aromatic heterocycles. The number of halogens is 3. The van der Waals surface area contributed by atoms with Gasteiger partial charge in [-0.2, -0.15) is 21.6 Å². The van der Waals surface area contributed by atoms with Gasteiger partial charge in [-0.15, -0.1) is 0 Å². The minimum atomic E-state index is -5.12. The van der Waals surface area contributed by atoms with E-state index in [1.165, 1.54) is 24.3 Å². The van der Waals surface area contributed by atoms with Crippen LogP contribution in [0.4, 0.5) is 18.0 Å². The molecule has 3 aromatic rings. The van der Waals surface area contributed by atoms with Crippen LogP contribution in [0.25, 0.3) is 0 Å². The maximum atomic E-state index is 13.2. The highest BCUT2D eigenvalue weighted by Crippen LogP contribution is 2.70. The second kappa shape index (κ2) is 10.5. The third-order valence-corrected chi connectivity index (χ3v) is 9.54. The van der Waals surface area contributed by atoms with Gasteiger partial charge in [0, 0.05) is 14.7 Å². The quantitative estimate of drug-likeness (QED) is 0.234. The standard InChI is InChI=1S/C25H25F3O6S2/c1-24(2,3)33-23(29)32-19-11-10-16-22(17-19)36(20-12-6-4-7-13-20,21-14-8-5-9-15-21)34-35(30,31)18-25(26,27)28/h4-17H,18H2,1-3H3. The van der Waals surface area contributed by atoms with Crippen molar-refractivity contribution in [1.82, 2.24) is 0 Å². The molecule has 0 aliphatic heterocycles. The Morgan fingerprint density at radius 2 is 1.28 bits per heavy atom. The number of carbonyl (C=O) groups is 1. The van der Waals surface area contributed by atoms with Crippen LogP contribution in [0.3, 0.4) is 0 Å². The molecule has 0 heterocycles. The van der Waals surface area contributed by atoms with Crippen molar-refractivity contribution < 1.29 is 39.5 Å². The fourth-order valence-electron chi connectivity index (χ4n) is 3.21. The van der Waals surface area contributed by atoms with Crippen LogP contribution in [0, 0.1) is 0 Å². The topological polar surface area (TPSA) is 78.9 Å². The van der Waals surface area contributed by atoms with Crippen molar-refractivity contribution in [3.05, 3.63) is 84.9 Å². The average molecular weight is 543 g/mol. The lowest BCUT2D eigenvalue weighted by Gasteiger charge is -2.39. The van der Waals surface area contributed by atoms with Gasteiger partial charge in [0.25, 0.3) is 10.1 Å². The maximum Gasteiger partial charge on any atom is 0.514 e. The van der Waals surface area contributed by atoms with E-state index in [2.05, 4.69) is 0 Å². The normalized spacial score (nSPS) is 13.2. The van der Waals surface area contributed by atoms with Gasteiger partial charge < -0.3 is 9.47 Å². The van der Waals surface area contributed by atoms with E-state index in [9.17, 15) is 26.4 Å². The van der Waals surface area contributed by atoms with E-state index in [0.717, 1.165) is 0 Å². The van der Waals surface area contributed by atoms with Crippen molar-refractivity contribution in [1.29, 1.82) is 0 Å². The molecule has 0 radical (unpaired) electrons. The molecule has 0 unspecified atom stereocenters. The fourth-order valence-corrected chi connectivity index (χ4v) is 8.44. The Hall–Kier alpha value is -3.02. The lowest BCUT2D eigenvalue weighted by atomic mass is 10.2. The van der Waals surface area contributed by atoms with Gasteiger partial charge in [-0.3, -0.25) is 0 Å². The summed E-state index contributed by atoms with van der Waals surface area (Å²) in [5, 5.41) is 0. The van der Waals surface area contributed by atoms with Gasteiger partial charge in [0.1, 0.15) is 11.4 Å². The van der Waals surface area contributed by atoms with Crippen molar-refractivity contribution in [2.45, 2.75) is 47.2 Å². The number of carbonyl (C=O) groups excluding carboxylic acids is 1. The molecule has 0 aliphatic carbocycles. The first-order valence-corrected chi connectivity index (χ1v) is 13.8. The van der Waals surface area contributed by atoms with Gasteiger partial charge in [-0.1, -0.05) is 42.5 Å². The summed E-state index contributed by atoms with van der Waals surface area (Å²) < 4.78 is 81.0. The number of rotatable bonds is 7. The van der Waals surface area contributed by atoms with Crippen molar-refractivity contribution in [2.24, 2.45) is 0 Å². The summed E-state index contributed by atoms with van der Waals surface area (Å²) in [7, 11) is -8.40. The molecule has 0 bridgehead atoms. The van der Waals surface area contributed by atoms with Crippen molar-refractivity contribution in [2.75, 3.05) is 5.75 Å². The predicted octanol–water partition coefficient (Wildman–Crippen LogP) is 7.11. The van der Waals surface area contributed by atoms with Crippen LogP contribution in [0.15, 0.2) is 99.6 Å². The van der Waals surface area contributed by atoms with Gasteiger partial charge in [0.15, 0.2) is 5.75 Å². The molecule has 194 valence electrons. The predicted molar refractivity (Wildman–Crippen MR) is 130 cm³/mol. The minimum Gasteiger partial charge on any atom is -0.428 e. The van der Waals surface area contributed by atoms with Crippen molar-refractivity contribution >= 4 is 26.6 Å². The number of hydrogen-bond donors (Lipinski definition) is 0. The van der Waals surface area contributed by atoms with Crippen molar-refractivity contribution in [3.63, 3.8) is 0 Å². The van der Waals surface area contributed by atoms with Crippen LogP contribution in [0.5, 0.6) is 5.75 Å². The van der Waals surface area contributed by atoms with Crippen LogP contribution in [0.1, 0.15) is 20.8 Å². The molecular formula is C25H25F3O6S2. The molecule has 36 heavy (non-hydrogen) atoms. The number of hydrogen-bond acceptors (Lipinski definition) is 6. The highest BCUT2D eigenvalue weighted by molar-refractivity contribution is 8.33. The third-order valence-electron chi connectivity index (χ3n) is 4.42. The van der Waals surface area contributed by atoms with E-state index in [1.807, 2.05) is 0 Å². The molecule has 0 saturated heterocycles. The maximum absolute atomic E-state index is 13.2. The van der Waals surface area contributed by atoms with E-state index < -0.39 is 44.1 Å². The van der Waals surface area contributed by atoms with Crippen LogP contribution in [-0.4, -0.2) is 32.1 Å². The average Bonchev–Trinajstić information content (AvgIpc) is 2.76. The summed E-state index contributed by atoms with van der Waals surface area (Å²) in [5.41, 5.74) is -0.827. The Morgan fingerprint density at radius 3 is 1.75 bits per heavy atom. The molecule has 0 atom stereocenters. The van der Waals surface area contributed by atoms with Gasteiger partial charge in [-0.25, -0.2) is 8.42 Å². The molecule has 0 amide bonds. The Morgan fingerprint density at radius 1 is 0.778 bits per heavy atom. The Labute approximate surface area is 209 Å². The first kappa shape index (κ1) is 27.6. The zero-order valence-electron chi connectivity index (χ0n) is 19.7. The summed E-state index contributed by atoms with van der Waals surface area (Å²) in [5.74, 6) is -2.16. The molecule has 0 aliphatic rings. The number of alkyl halides is 3. The lowest BCUT2D eigenvalue weighted by molar-refractivity contribution is -0.107. The molecule has 0 fully saturated rings. The van der Waals surface area contributed by atoms with Crippen LogP contribution >= 0.6 is 10.3 Å². The smallest absolute Gasteiger partial charge is 0.428 e. The number of ether oxygens (including phenoxy) is 2. The first-order valence-electron chi connectivity index (χ1n) is 10.7. The minimum absolute atomic E-state index is 0.00214. The molecule has 0 saturated carbocycles. The Kier molecular flexibility index (Phi) is 8.07. The Bertz CT molecular complexity index is 1250. The van der Waals surface area contributed by atoms with E-state index in [1.54, 1.807) is 81.4 Å². The van der Waals surface area contributed by atoms with Crippen molar-refractivity contribution in [3.8, 4) is 5.75 Å². The summed E-state index contributed by atoms with van der Waals surface area (Å²) in [6.07, 6.45) is -6.01. The second-order valence-corrected chi connectivity index (χ2v) is 13.1. The summed E-state index contributed by atoms with van der Waals surface area (Å²) >= 11 is 0. The highest BCUT2D eigenvalue weighted by Gasteiger charge is 2.43. The third kappa shape index (κ3) is 7.25. The summed E-state index contributed by atoms with van der Waals surface area (Å²) in [6.45, 7) is 4.97. The molecule has 3 rings (SSSR count). The largest absolute Gasteiger partial charge is 0.514 e. The zero-order valence-corrected chi connectivity index (χ0v) is 21.3. The zero-order chi connectivity index (χ0) is 26.6. The van der Waals surface area contributed by atoms with E-state index >= 15 is 0 Å². The lowest BCUT2D eigenvalue weighted by Crippen LogP contribution is -2.26. The van der Waals surface area contributed by atoms with Crippen LogP contribution < -0.4 is 4.74 Å². The fraction of sp³-hybridized carbons (Fsp3) is 0.240. The number of benzene rings is 3. The van der Waals surface area contributed by atoms with Gasteiger partial charge in [0.2, 0.25) is 0 Å². The monoisotopic (exact) mass is 542 g/mol. The molecular weight excluding hydrogens is 517 g/mol. The van der Waals surface area contributed by atoms with E-state index in [-0.39, 0.29) is 10.6 Å². The van der Waals surface area contributed by atoms with E-state index in [0.29, 0.717) is 9.79 Å². The second-order valence-electron chi connectivity index (χ2n) is 8.61. The summed E-state index contributed by atoms with van der Waals surface area (Å²) in [6, 6.07) is 22.0. The summed E-state index contributed by atoms with van der Waals surface area (Å²) in [4.78, 5) is 13.1. The molecule has 6 nitrogen and oxygen atoms in total. The van der Waals surface area contributed by atoms with Crippen LogP contribution in [-0.2, 0) is 18.5 Å². The highest BCUT2D eigenvalue weighted by atomic mass is 32.3. The Balaban J connectivity index is 2.22. The molecule has 11 heteroatoms. The molecule has 0 spiro atoms. The van der Waals surface area contributed by atoms with Gasteiger partial charge >= 0.3 is 12.3 Å². The van der Waals surface area contributed by atoms with E-state index in [4.69, 9.17) is 13.1 Å². The first-order chi connectivity index (χ1) is 16.7. The van der Waals surface area contributed by atoms with Crippen LogP contribution in [0.2, 0.25) is 0 Å². The van der Waals surface area contributed by atoms with Gasteiger partial charge in [-0.05, 0) is 73.5 Å². The van der Waals surface area contributed by atoms with Gasteiger partial charge in [0.05, 0.1) is 0 Å². The molecule has 3 aromatic carbocycles. The SMILES string of the molecule is CC(C)(C)OC(=O)Oc1cccc(S(OS(=O)(=O)CC(F)(F)F)(c2ccccc2)c2ccccc2)c1. The molecule has 0 N–H and O–H groups in total.